The molecule has 164 valence electrons. The SMILES string of the molecule is CC1(C)O[C@@H]2[C@H](O)C=C(COC(c3ccccc3)(c3ccccc3)c3ccccc3)[C@@H]2O1. The fraction of sp³-hybridized carbons (Fsp3) is 0.286. The van der Waals surface area contributed by atoms with Crippen molar-refractivity contribution in [2.75, 3.05) is 6.61 Å². The molecule has 0 radical (unpaired) electrons. The van der Waals surface area contributed by atoms with Crippen LogP contribution in [0.2, 0.25) is 0 Å². The van der Waals surface area contributed by atoms with Gasteiger partial charge in [-0.25, -0.2) is 0 Å². The Morgan fingerprint density at radius 3 is 1.72 bits per heavy atom. The van der Waals surface area contributed by atoms with Gasteiger partial charge in [0.25, 0.3) is 0 Å². The Hall–Kier alpha value is -2.76. The molecule has 1 saturated heterocycles. The van der Waals surface area contributed by atoms with E-state index in [9.17, 15) is 5.11 Å². The van der Waals surface area contributed by atoms with Crippen LogP contribution in [-0.4, -0.2) is 35.8 Å². The molecule has 1 heterocycles. The third-order valence-corrected chi connectivity index (χ3v) is 6.21. The fourth-order valence-corrected chi connectivity index (χ4v) is 4.83. The highest BCUT2D eigenvalue weighted by atomic mass is 16.8. The molecule has 0 unspecified atom stereocenters. The largest absolute Gasteiger partial charge is 0.386 e. The first-order valence-corrected chi connectivity index (χ1v) is 11.0. The fourth-order valence-electron chi connectivity index (χ4n) is 4.83. The van der Waals surface area contributed by atoms with Crippen molar-refractivity contribution in [3.63, 3.8) is 0 Å². The predicted molar refractivity (Wildman–Crippen MR) is 123 cm³/mol. The summed E-state index contributed by atoms with van der Waals surface area (Å²) in [6.07, 6.45) is 0.388. The average Bonchev–Trinajstić information content (AvgIpc) is 3.29. The van der Waals surface area contributed by atoms with E-state index in [0.717, 1.165) is 22.3 Å². The second kappa shape index (κ2) is 8.30. The van der Waals surface area contributed by atoms with E-state index < -0.39 is 23.6 Å². The van der Waals surface area contributed by atoms with Crippen molar-refractivity contribution in [3.05, 3.63) is 119 Å². The molecule has 3 aromatic carbocycles. The molecule has 0 spiro atoms. The van der Waals surface area contributed by atoms with Crippen LogP contribution in [0, 0.1) is 0 Å². The van der Waals surface area contributed by atoms with Crippen LogP contribution in [0.4, 0.5) is 0 Å². The van der Waals surface area contributed by atoms with E-state index in [-0.39, 0.29) is 6.10 Å². The van der Waals surface area contributed by atoms with Crippen molar-refractivity contribution in [1.82, 2.24) is 0 Å². The van der Waals surface area contributed by atoms with Crippen LogP contribution in [0.5, 0.6) is 0 Å². The molecule has 1 N–H and O–H groups in total. The molecule has 3 aromatic rings. The molecule has 2 aliphatic rings. The van der Waals surface area contributed by atoms with Crippen LogP contribution >= 0.6 is 0 Å². The summed E-state index contributed by atoms with van der Waals surface area (Å²) in [5.74, 6) is -0.731. The Labute approximate surface area is 189 Å². The summed E-state index contributed by atoms with van der Waals surface area (Å²) in [4.78, 5) is 0. The van der Waals surface area contributed by atoms with Gasteiger partial charge in [-0.3, -0.25) is 0 Å². The van der Waals surface area contributed by atoms with Crippen molar-refractivity contribution in [2.24, 2.45) is 0 Å². The molecule has 0 amide bonds. The highest BCUT2D eigenvalue weighted by molar-refractivity contribution is 5.47. The first kappa shape index (κ1) is 21.1. The van der Waals surface area contributed by atoms with Crippen LogP contribution in [0.1, 0.15) is 30.5 Å². The number of ether oxygens (including phenoxy) is 3. The monoisotopic (exact) mass is 428 g/mol. The molecule has 0 saturated carbocycles. The molecular formula is C28H28O4. The van der Waals surface area contributed by atoms with Gasteiger partial charge in [-0.15, -0.1) is 0 Å². The number of rotatable bonds is 6. The van der Waals surface area contributed by atoms with E-state index in [1.807, 2.05) is 74.5 Å². The third kappa shape index (κ3) is 3.70. The molecule has 4 heteroatoms. The van der Waals surface area contributed by atoms with Crippen molar-refractivity contribution < 1.29 is 19.3 Å². The first-order valence-electron chi connectivity index (χ1n) is 11.0. The molecular weight excluding hydrogens is 400 g/mol. The average molecular weight is 429 g/mol. The van der Waals surface area contributed by atoms with Gasteiger partial charge in [0.15, 0.2) is 5.79 Å². The molecule has 1 fully saturated rings. The highest BCUT2D eigenvalue weighted by Gasteiger charge is 2.50. The van der Waals surface area contributed by atoms with Gasteiger partial charge in [0.1, 0.15) is 23.9 Å². The molecule has 5 rings (SSSR count). The zero-order valence-corrected chi connectivity index (χ0v) is 18.3. The van der Waals surface area contributed by atoms with Crippen LogP contribution in [0.15, 0.2) is 103 Å². The molecule has 1 aliphatic heterocycles. The molecule has 0 bridgehead atoms. The van der Waals surface area contributed by atoms with Crippen molar-refractivity contribution in [2.45, 2.75) is 43.5 Å². The number of hydrogen-bond acceptors (Lipinski definition) is 4. The van der Waals surface area contributed by atoms with Gasteiger partial charge < -0.3 is 19.3 Å². The molecule has 1 aliphatic carbocycles. The van der Waals surface area contributed by atoms with E-state index in [1.165, 1.54) is 0 Å². The molecule has 0 aromatic heterocycles. The Kier molecular flexibility index (Phi) is 5.48. The predicted octanol–water partition coefficient (Wildman–Crippen LogP) is 4.82. The smallest absolute Gasteiger partial charge is 0.164 e. The second-order valence-corrected chi connectivity index (χ2v) is 8.82. The van der Waals surface area contributed by atoms with E-state index in [4.69, 9.17) is 14.2 Å². The zero-order valence-electron chi connectivity index (χ0n) is 18.3. The van der Waals surface area contributed by atoms with Gasteiger partial charge in [0.05, 0.1) is 6.61 Å². The van der Waals surface area contributed by atoms with Crippen LogP contribution in [-0.2, 0) is 19.8 Å². The van der Waals surface area contributed by atoms with Crippen LogP contribution in [0.25, 0.3) is 0 Å². The minimum atomic E-state index is -0.817. The zero-order chi connectivity index (χ0) is 22.2. The Balaban J connectivity index is 1.57. The maximum absolute atomic E-state index is 10.5. The highest BCUT2D eigenvalue weighted by Crippen LogP contribution is 2.43. The third-order valence-electron chi connectivity index (χ3n) is 6.21. The number of aliphatic hydroxyl groups is 1. The lowest BCUT2D eigenvalue weighted by molar-refractivity contribution is -0.153. The summed E-state index contributed by atoms with van der Waals surface area (Å²) in [7, 11) is 0. The van der Waals surface area contributed by atoms with Crippen LogP contribution in [0.3, 0.4) is 0 Å². The maximum atomic E-state index is 10.5. The van der Waals surface area contributed by atoms with Crippen molar-refractivity contribution in [3.8, 4) is 0 Å². The lowest BCUT2D eigenvalue weighted by Crippen LogP contribution is -2.35. The number of benzene rings is 3. The number of fused-ring (bicyclic) bond motifs is 1. The van der Waals surface area contributed by atoms with Gasteiger partial charge in [0, 0.05) is 0 Å². The van der Waals surface area contributed by atoms with Gasteiger partial charge in [-0.05, 0) is 42.2 Å². The number of aliphatic hydroxyl groups excluding tert-OH is 1. The standard InChI is InChI=1S/C28H28O4/c1-27(2)31-25-20(18-24(29)26(25)32-27)19-30-28(21-12-6-3-7-13-21,22-14-8-4-9-15-22)23-16-10-5-11-17-23/h3-18,24-26,29H,19H2,1-2H3/t24-,25+,26-/m1/s1. The van der Waals surface area contributed by atoms with E-state index >= 15 is 0 Å². The van der Waals surface area contributed by atoms with E-state index in [1.54, 1.807) is 0 Å². The normalized spacial score (nSPS) is 24.2. The second-order valence-electron chi connectivity index (χ2n) is 8.82. The van der Waals surface area contributed by atoms with Crippen molar-refractivity contribution in [1.29, 1.82) is 0 Å². The Morgan fingerprint density at radius 2 is 1.25 bits per heavy atom. The quantitative estimate of drug-likeness (QED) is 0.452. The summed E-state index contributed by atoms with van der Waals surface area (Å²) in [5, 5.41) is 10.5. The first-order chi connectivity index (χ1) is 15.5. The Morgan fingerprint density at radius 1 is 0.781 bits per heavy atom. The minimum absolute atomic E-state index is 0.302. The van der Waals surface area contributed by atoms with E-state index in [2.05, 4.69) is 36.4 Å². The molecule has 3 atom stereocenters. The summed E-state index contributed by atoms with van der Waals surface area (Å²) >= 11 is 0. The minimum Gasteiger partial charge on any atom is -0.386 e. The summed E-state index contributed by atoms with van der Waals surface area (Å²) in [5.41, 5.74) is 3.20. The molecule has 4 nitrogen and oxygen atoms in total. The maximum Gasteiger partial charge on any atom is 0.164 e. The topological polar surface area (TPSA) is 47.9 Å². The molecule has 32 heavy (non-hydrogen) atoms. The van der Waals surface area contributed by atoms with Crippen molar-refractivity contribution >= 4 is 0 Å². The number of hydrogen-bond donors (Lipinski definition) is 1. The summed E-state index contributed by atoms with van der Waals surface area (Å²) in [6, 6.07) is 30.8. The van der Waals surface area contributed by atoms with E-state index in [0.29, 0.717) is 6.61 Å². The lowest BCUT2D eigenvalue weighted by atomic mass is 9.80. The van der Waals surface area contributed by atoms with Gasteiger partial charge in [-0.2, -0.15) is 0 Å². The summed E-state index contributed by atoms with van der Waals surface area (Å²) < 4.78 is 18.9. The van der Waals surface area contributed by atoms with Gasteiger partial charge in [0.2, 0.25) is 0 Å². The van der Waals surface area contributed by atoms with Gasteiger partial charge in [-0.1, -0.05) is 91.0 Å². The lowest BCUT2D eigenvalue weighted by Gasteiger charge is -2.36. The Bertz CT molecular complexity index is 980. The van der Waals surface area contributed by atoms with Crippen LogP contribution < -0.4 is 0 Å². The van der Waals surface area contributed by atoms with Gasteiger partial charge >= 0.3 is 0 Å². The summed E-state index contributed by atoms with van der Waals surface area (Å²) in [6.45, 7) is 4.05.